The SMILES string of the molecule is CC(C)C(C)(C)CNc1c(N)n(C)c(=O)[nH]c1=O. The van der Waals surface area contributed by atoms with Gasteiger partial charge in [-0.25, -0.2) is 4.79 Å². The van der Waals surface area contributed by atoms with E-state index in [4.69, 9.17) is 5.73 Å². The number of nitrogens with two attached hydrogens (primary N) is 1. The fourth-order valence-corrected chi connectivity index (χ4v) is 1.33. The highest BCUT2D eigenvalue weighted by Gasteiger charge is 2.23. The molecule has 0 saturated carbocycles. The number of hydrogen-bond donors (Lipinski definition) is 3. The third kappa shape index (κ3) is 2.75. The second-order valence-corrected chi connectivity index (χ2v) is 5.58. The molecule has 1 aromatic heterocycles. The molecule has 1 rings (SSSR count). The third-order valence-corrected chi connectivity index (χ3v) is 3.65. The standard InChI is InChI=1S/C12H22N4O2/c1-7(2)12(3,4)6-14-8-9(13)16(5)11(18)15-10(8)17/h7,14H,6,13H2,1-5H3,(H,15,17,18). The Labute approximate surface area is 106 Å². The van der Waals surface area contributed by atoms with Crippen LogP contribution in [0.15, 0.2) is 9.59 Å². The Morgan fingerprint density at radius 2 is 1.94 bits per heavy atom. The summed E-state index contributed by atoms with van der Waals surface area (Å²) in [4.78, 5) is 25.2. The minimum atomic E-state index is -0.508. The maximum absolute atomic E-state index is 11.7. The molecule has 0 aliphatic carbocycles. The van der Waals surface area contributed by atoms with Gasteiger partial charge in [0.1, 0.15) is 11.5 Å². The van der Waals surface area contributed by atoms with Gasteiger partial charge in [0.2, 0.25) is 0 Å². The highest BCUT2D eigenvalue weighted by Crippen LogP contribution is 2.26. The fourth-order valence-electron chi connectivity index (χ4n) is 1.33. The van der Waals surface area contributed by atoms with Crippen LogP contribution in [0.5, 0.6) is 0 Å². The Morgan fingerprint density at radius 1 is 1.39 bits per heavy atom. The van der Waals surface area contributed by atoms with Crippen LogP contribution >= 0.6 is 0 Å². The summed E-state index contributed by atoms with van der Waals surface area (Å²) in [5.74, 6) is 0.612. The number of aromatic amines is 1. The largest absolute Gasteiger partial charge is 0.383 e. The van der Waals surface area contributed by atoms with Gasteiger partial charge in [0.05, 0.1) is 0 Å². The second kappa shape index (κ2) is 4.88. The molecule has 0 aliphatic rings. The summed E-state index contributed by atoms with van der Waals surface area (Å²) in [6.45, 7) is 9.07. The molecular formula is C12H22N4O2. The number of anilines is 2. The molecule has 0 bridgehead atoms. The molecule has 4 N–H and O–H groups in total. The van der Waals surface area contributed by atoms with Crippen molar-refractivity contribution in [3.8, 4) is 0 Å². The van der Waals surface area contributed by atoms with Crippen LogP contribution in [0.4, 0.5) is 11.5 Å². The first-order chi connectivity index (χ1) is 8.16. The molecule has 6 heteroatoms. The third-order valence-electron chi connectivity index (χ3n) is 3.65. The predicted molar refractivity (Wildman–Crippen MR) is 73.8 cm³/mol. The number of nitrogens with one attached hydrogen (secondary N) is 2. The molecule has 6 nitrogen and oxygen atoms in total. The van der Waals surface area contributed by atoms with E-state index >= 15 is 0 Å². The van der Waals surface area contributed by atoms with Crippen LogP contribution in [0.1, 0.15) is 27.7 Å². The lowest BCUT2D eigenvalue weighted by Crippen LogP contribution is -2.35. The van der Waals surface area contributed by atoms with Crippen LogP contribution in [0.3, 0.4) is 0 Å². The monoisotopic (exact) mass is 254 g/mol. The van der Waals surface area contributed by atoms with Crippen LogP contribution in [-0.4, -0.2) is 16.1 Å². The van der Waals surface area contributed by atoms with E-state index in [2.05, 4.69) is 38.0 Å². The van der Waals surface area contributed by atoms with Crippen LogP contribution in [0.25, 0.3) is 0 Å². The minimum absolute atomic E-state index is 0.0214. The predicted octanol–water partition coefficient (Wildman–Crippen LogP) is 0.750. The van der Waals surface area contributed by atoms with Gasteiger partial charge in [-0.3, -0.25) is 14.3 Å². The van der Waals surface area contributed by atoms with Gasteiger partial charge in [0.25, 0.3) is 5.56 Å². The smallest absolute Gasteiger partial charge is 0.329 e. The maximum Gasteiger partial charge on any atom is 0.329 e. The van der Waals surface area contributed by atoms with Gasteiger partial charge in [-0.05, 0) is 11.3 Å². The molecular weight excluding hydrogens is 232 g/mol. The van der Waals surface area contributed by atoms with E-state index in [1.165, 1.54) is 11.6 Å². The first-order valence-electron chi connectivity index (χ1n) is 5.99. The van der Waals surface area contributed by atoms with Gasteiger partial charge in [-0.1, -0.05) is 27.7 Å². The summed E-state index contributed by atoms with van der Waals surface area (Å²) in [5.41, 5.74) is 5.06. The molecule has 0 atom stereocenters. The van der Waals surface area contributed by atoms with E-state index in [-0.39, 0.29) is 16.9 Å². The zero-order valence-electron chi connectivity index (χ0n) is 11.6. The Balaban J connectivity index is 3.04. The van der Waals surface area contributed by atoms with E-state index in [0.717, 1.165) is 0 Å². The van der Waals surface area contributed by atoms with E-state index < -0.39 is 11.2 Å². The van der Waals surface area contributed by atoms with Crippen molar-refractivity contribution < 1.29 is 0 Å². The van der Waals surface area contributed by atoms with Gasteiger partial charge in [-0.15, -0.1) is 0 Å². The number of aromatic nitrogens is 2. The molecule has 102 valence electrons. The van der Waals surface area contributed by atoms with Gasteiger partial charge in [-0.2, -0.15) is 0 Å². The van der Waals surface area contributed by atoms with Gasteiger partial charge >= 0.3 is 5.69 Å². The van der Waals surface area contributed by atoms with Crippen molar-refractivity contribution in [2.75, 3.05) is 17.6 Å². The molecule has 0 aliphatic heterocycles. The fraction of sp³-hybridized carbons (Fsp3) is 0.667. The van der Waals surface area contributed by atoms with Crippen molar-refractivity contribution in [1.82, 2.24) is 9.55 Å². The van der Waals surface area contributed by atoms with Crippen LogP contribution in [-0.2, 0) is 7.05 Å². The van der Waals surface area contributed by atoms with Gasteiger partial charge in [0, 0.05) is 13.6 Å². The topological polar surface area (TPSA) is 92.9 Å². The molecule has 0 amide bonds. The van der Waals surface area contributed by atoms with Crippen molar-refractivity contribution in [3.63, 3.8) is 0 Å². The second-order valence-electron chi connectivity index (χ2n) is 5.58. The molecule has 0 unspecified atom stereocenters. The maximum atomic E-state index is 11.7. The highest BCUT2D eigenvalue weighted by molar-refractivity contribution is 5.60. The molecule has 1 heterocycles. The number of nitrogens with zero attached hydrogens (tertiary/aromatic N) is 1. The lowest BCUT2D eigenvalue weighted by molar-refractivity contribution is 0.269. The van der Waals surface area contributed by atoms with E-state index in [0.29, 0.717) is 12.5 Å². The zero-order valence-corrected chi connectivity index (χ0v) is 11.6. The summed E-state index contributed by atoms with van der Waals surface area (Å²) < 4.78 is 1.21. The number of nitrogen functional groups attached to an aromatic ring is 1. The Kier molecular flexibility index (Phi) is 3.88. The molecule has 0 radical (unpaired) electrons. The van der Waals surface area contributed by atoms with Crippen molar-refractivity contribution >= 4 is 11.5 Å². The first-order valence-corrected chi connectivity index (χ1v) is 5.99. The van der Waals surface area contributed by atoms with Crippen molar-refractivity contribution in [2.24, 2.45) is 18.4 Å². The Hall–Kier alpha value is -1.72. The number of hydrogen-bond acceptors (Lipinski definition) is 4. The normalized spacial score (nSPS) is 11.9. The molecule has 0 fully saturated rings. The summed E-state index contributed by atoms with van der Waals surface area (Å²) in [6.07, 6.45) is 0. The van der Waals surface area contributed by atoms with Crippen LogP contribution < -0.4 is 22.3 Å². The van der Waals surface area contributed by atoms with E-state index in [1.807, 2.05) is 0 Å². The average Bonchev–Trinajstić information content (AvgIpc) is 2.25. The number of rotatable bonds is 4. The van der Waals surface area contributed by atoms with Gasteiger partial charge < -0.3 is 11.1 Å². The Morgan fingerprint density at radius 3 is 2.44 bits per heavy atom. The first kappa shape index (κ1) is 14.3. The summed E-state index contributed by atoms with van der Waals surface area (Å²) in [7, 11) is 1.52. The molecule has 0 aromatic carbocycles. The average molecular weight is 254 g/mol. The lowest BCUT2D eigenvalue weighted by Gasteiger charge is -2.29. The molecule has 0 saturated heterocycles. The highest BCUT2D eigenvalue weighted by atomic mass is 16.2. The summed E-state index contributed by atoms with van der Waals surface area (Å²) >= 11 is 0. The van der Waals surface area contributed by atoms with Gasteiger partial charge in [0.15, 0.2) is 0 Å². The summed E-state index contributed by atoms with van der Waals surface area (Å²) in [5, 5.41) is 3.04. The lowest BCUT2D eigenvalue weighted by atomic mass is 9.81. The van der Waals surface area contributed by atoms with E-state index in [1.54, 1.807) is 0 Å². The van der Waals surface area contributed by atoms with Crippen molar-refractivity contribution in [2.45, 2.75) is 27.7 Å². The molecule has 18 heavy (non-hydrogen) atoms. The van der Waals surface area contributed by atoms with E-state index in [9.17, 15) is 9.59 Å². The number of H-pyrrole nitrogens is 1. The minimum Gasteiger partial charge on any atom is -0.383 e. The summed E-state index contributed by atoms with van der Waals surface area (Å²) in [6, 6.07) is 0. The van der Waals surface area contributed by atoms with Crippen molar-refractivity contribution in [1.29, 1.82) is 0 Å². The molecule has 1 aromatic rings. The quantitative estimate of drug-likeness (QED) is 0.739. The Bertz CT molecular complexity index is 540. The zero-order chi connectivity index (χ0) is 14.1. The molecule has 0 spiro atoms. The van der Waals surface area contributed by atoms with Crippen LogP contribution in [0, 0.1) is 11.3 Å². The van der Waals surface area contributed by atoms with Crippen molar-refractivity contribution in [3.05, 3.63) is 20.8 Å². The van der Waals surface area contributed by atoms with Crippen LogP contribution in [0.2, 0.25) is 0 Å².